The number of nitrogens with two attached hydrogens (primary N) is 2. The molecule has 54 heavy (non-hydrogen) atoms. The molecule has 0 unspecified atom stereocenters. The summed E-state index contributed by atoms with van der Waals surface area (Å²) in [6, 6.07) is 6.39. The molecule has 4 rings (SSSR count). The van der Waals surface area contributed by atoms with E-state index in [9.17, 15) is 4.79 Å². The van der Waals surface area contributed by atoms with Crippen molar-refractivity contribution in [3.8, 4) is 17.6 Å². The number of likely N-dealkylation sites (tertiary alicyclic amines) is 1. The number of carbonyl (C=O) groups is 1. The van der Waals surface area contributed by atoms with Crippen LogP contribution in [0.3, 0.4) is 0 Å². The van der Waals surface area contributed by atoms with Crippen molar-refractivity contribution in [1.82, 2.24) is 20.4 Å². The van der Waals surface area contributed by atoms with E-state index >= 15 is 0 Å². The average Bonchev–Trinajstić information content (AvgIpc) is 3.95. The highest BCUT2D eigenvalue weighted by Gasteiger charge is 2.30. The van der Waals surface area contributed by atoms with Gasteiger partial charge in [-0.15, -0.1) is 5.92 Å². The molecule has 2 saturated carbocycles. The number of nitrogens with one attached hydrogen (secondary N) is 3. The number of likely N-dealkylation sites (N-methyl/N-ethyl adjacent to an activating group) is 1. The van der Waals surface area contributed by atoms with E-state index in [1.807, 2.05) is 32.2 Å². The van der Waals surface area contributed by atoms with Gasteiger partial charge in [0.05, 0.1) is 24.5 Å². The van der Waals surface area contributed by atoms with Gasteiger partial charge in [-0.2, -0.15) is 0 Å². The highest BCUT2D eigenvalue weighted by atomic mass is 16.5. The Morgan fingerprint density at radius 2 is 1.91 bits per heavy atom. The van der Waals surface area contributed by atoms with E-state index in [0.717, 1.165) is 74.1 Å². The number of anilines is 1. The third-order valence-corrected chi connectivity index (χ3v) is 9.39. The molecule has 3 fully saturated rings. The van der Waals surface area contributed by atoms with Crippen LogP contribution in [0, 0.1) is 17.8 Å². The first-order valence-corrected chi connectivity index (χ1v) is 19.4. The molecular formula is C45H65N7O2. The minimum absolute atomic E-state index is 0.0517. The lowest BCUT2D eigenvalue weighted by Gasteiger charge is -2.44. The van der Waals surface area contributed by atoms with Crippen molar-refractivity contribution >= 4 is 17.2 Å². The van der Waals surface area contributed by atoms with Crippen LogP contribution in [0.4, 0.5) is 5.69 Å². The number of carbonyl (C=O) groups excluding carboxylic acids is 1. The van der Waals surface area contributed by atoms with Gasteiger partial charge < -0.3 is 37.1 Å². The maximum Gasteiger partial charge on any atom is 0.228 e. The average molecular weight is 736 g/mol. The number of hydrogen-bond acceptors (Lipinski definition) is 8. The molecule has 0 radical (unpaired) electrons. The number of amides is 1. The molecule has 0 spiro atoms. The van der Waals surface area contributed by atoms with E-state index < -0.39 is 0 Å². The Morgan fingerprint density at radius 1 is 1.17 bits per heavy atom. The predicted molar refractivity (Wildman–Crippen MR) is 228 cm³/mol. The molecule has 1 heterocycles. The third kappa shape index (κ3) is 14.4. The number of allylic oxidation sites excluding steroid dienone is 10. The fraction of sp³-hybridized carbons (Fsp3) is 0.444. The summed E-state index contributed by atoms with van der Waals surface area (Å²) < 4.78 is 5.98. The molecule has 9 heteroatoms. The first kappa shape index (κ1) is 43.3. The molecule has 1 amide bonds. The molecule has 3 aliphatic rings. The first-order chi connectivity index (χ1) is 26.0. The molecular weight excluding hydrogens is 671 g/mol. The van der Waals surface area contributed by atoms with Crippen molar-refractivity contribution in [3.63, 3.8) is 0 Å². The number of benzene rings is 1. The highest BCUT2D eigenvalue weighted by molar-refractivity contribution is 5.83. The fourth-order valence-electron chi connectivity index (χ4n) is 6.01. The van der Waals surface area contributed by atoms with Gasteiger partial charge >= 0.3 is 0 Å². The lowest BCUT2D eigenvalue weighted by Crippen LogP contribution is -2.57. The SMILES string of the molecule is C=C(C#CC)/C=C\C=C(/CCC)CN1CC(N(C)/C=C(\C=C/CC)c2cccc(NC(/C=C(\N)NC(=O)C3CC3)=C(\C)N)c2OC)C1.CNC=C1CCC1. The summed E-state index contributed by atoms with van der Waals surface area (Å²) in [5.74, 6) is 6.80. The molecule has 1 saturated heterocycles. The van der Waals surface area contributed by atoms with Crippen molar-refractivity contribution in [2.24, 2.45) is 17.4 Å². The van der Waals surface area contributed by atoms with E-state index in [1.54, 1.807) is 25.7 Å². The van der Waals surface area contributed by atoms with Gasteiger partial charge in [0.1, 0.15) is 11.6 Å². The van der Waals surface area contributed by atoms with E-state index in [0.29, 0.717) is 23.2 Å². The standard InChI is InChI=1S/C39H54N6O2.C6H11N/c1-8-11-18-32(25-44(6)33-26-45(27-33)24-30(15-10-3)17-12-16-28(4)14-9-2)34-19-13-20-35(38(34)47-7)42-36(29(5)40)23-37(41)43-39(46)31-21-22-31;1-7-5-6-3-2-4-6/h11-13,16-20,23,25,31,33,42H,4,8,10,15,21-22,24,26-27,40-41H2,1-3,5-7H3,(H,43,46);5,7H,2-4H2,1H3/b16-12-,18-11-,30-17+,32-25+,36-29+,37-23+;. The molecule has 1 aromatic rings. The molecule has 1 aromatic carbocycles. The lowest BCUT2D eigenvalue weighted by molar-refractivity contribution is -0.121. The first-order valence-electron chi connectivity index (χ1n) is 19.4. The van der Waals surface area contributed by atoms with Crippen molar-refractivity contribution in [2.75, 3.05) is 46.2 Å². The summed E-state index contributed by atoms with van der Waals surface area (Å²) in [5.41, 5.74) is 20.1. The largest absolute Gasteiger partial charge is 0.494 e. The van der Waals surface area contributed by atoms with Gasteiger partial charge in [-0.25, -0.2) is 0 Å². The normalized spacial score (nSPS) is 16.9. The Kier molecular flexibility index (Phi) is 18.4. The van der Waals surface area contributed by atoms with Crippen LogP contribution in [0.2, 0.25) is 0 Å². The van der Waals surface area contributed by atoms with Crippen LogP contribution in [0.25, 0.3) is 5.57 Å². The van der Waals surface area contributed by atoms with Gasteiger partial charge in [-0.3, -0.25) is 9.69 Å². The molecule has 7 N–H and O–H groups in total. The second-order valence-electron chi connectivity index (χ2n) is 14.2. The molecule has 292 valence electrons. The third-order valence-electron chi connectivity index (χ3n) is 9.39. The number of methoxy groups -OCH3 is 1. The van der Waals surface area contributed by atoms with Crippen molar-refractivity contribution in [3.05, 3.63) is 113 Å². The van der Waals surface area contributed by atoms with E-state index in [2.05, 4.69) is 108 Å². The molecule has 2 aliphatic carbocycles. The minimum atomic E-state index is -0.0567. The van der Waals surface area contributed by atoms with Crippen LogP contribution in [0.1, 0.15) is 84.6 Å². The van der Waals surface area contributed by atoms with E-state index in [-0.39, 0.29) is 17.6 Å². The molecule has 1 aliphatic heterocycles. The molecule has 0 atom stereocenters. The van der Waals surface area contributed by atoms with Gasteiger partial charge in [0.15, 0.2) is 0 Å². The maximum atomic E-state index is 12.2. The van der Waals surface area contributed by atoms with Crippen LogP contribution in [-0.4, -0.2) is 62.6 Å². The van der Waals surface area contributed by atoms with E-state index in [1.165, 1.54) is 24.8 Å². The fourth-order valence-corrected chi connectivity index (χ4v) is 6.01. The topological polar surface area (TPSA) is 121 Å². The monoisotopic (exact) mass is 736 g/mol. The molecule has 9 nitrogen and oxygen atoms in total. The maximum absolute atomic E-state index is 12.2. The number of para-hydroxylation sites is 1. The van der Waals surface area contributed by atoms with Gasteiger partial charge in [0.25, 0.3) is 0 Å². The summed E-state index contributed by atoms with van der Waals surface area (Å²) in [4.78, 5) is 17.0. The summed E-state index contributed by atoms with van der Waals surface area (Å²) in [6.45, 7) is 14.9. The summed E-state index contributed by atoms with van der Waals surface area (Å²) in [5, 5.41) is 9.17. The van der Waals surface area contributed by atoms with Crippen LogP contribution in [-0.2, 0) is 4.79 Å². The molecule has 0 bridgehead atoms. The summed E-state index contributed by atoms with van der Waals surface area (Å²) in [7, 11) is 5.76. The smallest absolute Gasteiger partial charge is 0.228 e. The Balaban J connectivity index is 0.00000100. The quantitative estimate of drug-likeness (QED) is 0.0770. The Labute approximate surface area is 325 Å². The van der Waals surface area contributed by atoms with E-state index in [4.69, 9.17) is 16.2 Å². The second kappa shape index (κ2) is 22.9. The number of hydrogen-bond donors (Lipinski definition) is 5. The van der Waals surface area contributed by atoms with Gasteiger partial charge in [-0.05, 0) is 77.1 Å². The zero-order valence-electron chi connectivity index (χ0n) is 33.9. The van der Waals surface area contributed by atoms with Crippen LogP contribution in [0.5, 0.6) is 5.75 Å². The Hall–Kier alpha value is -5.07. The van der Waals surface area contributed by atoms with Gasteiger partial charge in [-0.1, -0.05) is 80.4 Å². The molecule has 0 aromatic heterocycles. The Morgan fingerprint density at radius 3 is 2.46 bits per heavy atom. The van der Waals surface area contributed by atoms with Crippen molar-refractivity contribution < 1.29 is 9.53 Å². The second-order valence-corrected chi connectivity index (χ2v) is 14.2. The number of rotatable bonds is 18. The van der Waals surface area contributed by atoms with Crippen LogP contribution >= 0.6 is 0 Å². The predicted octanol–water partition coefficient (Wildman–Crippen LogP) is 7.68. The highest BCUT2D eigenvalue weighted by Crippen LogP contribution is 2.36. The van der Waals surface area contributed by atoms with Crippen LogP contribution < -0.4 is 32.2 Å². The zero-order chi connectivity index (χ0) is 39.5. The lowest BCUT2D eigenvalue weighted by atomic mass is 9.94. The summed E-state index contributed by atoms with van der Waals surface area (Å²) >= 11 is 0. The van der Waals surface area contributed by atoms with Crippen molar-refractivity contribution in [1.29, 1.82) is 0 Å². The summed E-state index contributed by atoms with van der Waals surface area (Å²) in [6.07, 6.45) is 25.5. The van der Waals surface area contributed by atoms with Crippen LogP contribution in [0.15, 0.2) is 108 Å². The number of ether oxygens (including phenoxy) is 1. The minimum Gasteiger partial charge on any atom is -0.494 e. The van der Waals surface area contributed by atoms with Gasteiger partial charge in [0.2, 0.25) is 5.91 Å². The number of nitrogens with zero attached hydrogens (tertiary/aromatic N) is 2. The van der Waals surface area contributed by atoms with Crippen molar-refractivity contribution in [2.45, 2.75) is 85.1 Å². The Bertz CT molecular complexity index is 1700. The van der Waals surface area contributed by atoms with Gasteiger partial charge in [0, 0.05) is 74.3 Å². The zero-order valence-corrected chi connectivity index (χ0v) is 33.9.